The van der Waals surface area contributed by atoms with Crippen LogP contribution in [0, 0.1) is 0 Å². The molecule has 0 radical (unpaired) electrons. The van der Waals surface area contributed by atoms with Gasteiger partial charge in [0.1, 0.15) is 0 Å². The highest BCUT2D eigenvalue weighted by Crippen LogP contribution is 2.39. The lowest BCUT2D eigenvalue weighted by Crippen LogP contribution is -2.37. The molecular weight excluding hydrogens is 282 g/mol. The first-order chi connectivity index (χ1) is 10.3. The number of thiophene rings is 1. The van der Waals surface area contributed by atoms with Gasteiger partial charge in [-0.05, 0) is 36.4 Å². The van der Waals surface area contributed by atoms with Crippen LogP contribution in [-0.2, 0) is 17.9 Å². The van der Waals surface area contributed by atoms with E-state index >= 15 is 0 Å². The molecule has 2 aromatic heterocycles. The fourth-order valence-electron chi connectivity index (χ4n) is 2.70. The molecule has 0 aromatic carbocycles. The Morgan fingerprint density at radius 3 is 3.05 bits per heavy atom. The smallest absolute Gasteiger partial charge is 0.247 e. The first kappa shape index (κ1) is 12.8. The third-order valence-corrected chi connectivity index (χ3v) is 4.89. The van der Waals surface area contributed by atoms with E-state index < -0.39 is 0 Å². The first-order valence-electron chi connectivity index (χ1n) is 7.37. The second kappa shape index (κ2) is 5.15. The zero-order chi connectivity index (χ0) is 14.2. The largest absolute Gasteiger partial charge is 0.331 e. The summed E-state index contributed by atoms with van der Waals surface area (Å²) in [6.45, 7) is 2.22. The topological polar surface area (TPSA) is 38.1 Å². The molecule has 0 unspecified atom stereocenters. The van der Waals surface area contributed by atoms with Crippen molar-refractivity contribution >= 4 is 23.3 Å². The van der Waals surface area contributed by atoms with E-state index in [9.17, 15) is 4.79 Å². The van der Waals surface area contributed by atoms with Crippen molar-refractivity contribution in [1.29, 1.82) is 0 Å². The van der Waals surface area contributed by atoms with Crippen molar-refractivity contribution < 1.29 is 4.79 Å². The summed E-state index contributed by atoms with van der Waals surface area (Å²) in [5.74, 6) is 0.759. The summed E-state index contributed by atoms with van der Waals surface area (Å²) in [5.41, 5.74) is 2.38. The fraction of sp³-hybridized carbons (Fsp3) is 0.375. The number of carbonyl (C=O) groups is 1. The van der Waals surface area contributed by atoms with Gasteiger partial charge in [0, 0.05) is 23.4 Å². The minimum absolute atomic E-state index is 0.0869. The maximum Gasteiger partial charge on any atom is 0.247 e. The van der Waals surface area contributed by atoms with Crippen molar-refractivity contribution in [3.05, 3.63) is 45.9 Å². The number of aromatic nitrogens is 2. The van der Waals surface area contributed by atoms with Gasteiger partial charge in [-0.3, -0.25) is 9.48 Å². The summed E-state index contributed by atoms with van der Waals surface area (Å²) in [4.78, 5) is 15.3. The Morgan fingerprint density at radius 1 is 1.38 bits per heavy atom. The van der Waals surface area contributed by atoms with E-state index in [1.807, 2.05) is 28.5 Å². The van der Waals surface area contributed by atoms with Crippen molar-refractivity contribution in [2.75, 3.05) is 6.54 Å². The van der Waals surface area contributed by atoms with Crippen LogP contribution in [0.25, 0.3) is 6.08 Å². The summed E-state index contributed by atoms with van der Waals surface area (Å²) >= 11 is 1.64. The molecule has 1 aliphatic heterocycles. The Labute approximate surface area is 127 Å². The van der Waals surface area contributed by atoms with Gasteiger partial charge < -0.3 is 4.90 Å². The average Bonchev–Trinajstić information content (AvgIpc) is 3.06. The molecule has 4 nitrogen and oxygen atoms in total. The van der Waals surface area contributed by atoms with E-state index in [0.717, 1.165) is 18.0 Å². The minimum Gasteiger partial charge on any atom is -0.331 e. The van der Waals surface area contributed by atoms with Gasteiger partial charge in [0.2, 0.25) is 5.91 Å². The molecule has 4 rings (SSSR count). The van der Waals surface area contributed by atoms with Crippen LogP contribution in [0.15, 0.2) is 29.7 Å². The van der Waals surface area contributed by atoms with Crippen LogP contribution in [0.5, 0.6) is 0 Å². The van der Waals surface area contributed by atoms with Crippen molar-refractivity contribution in [1.82, 2.24) is 14.7 Å². The zero-order valence-corrected chi connectivity index (χ0v) is 12.6. The van der Waals surface area contributed by atoms with Crippen LogP contribution in [0.1, 0.15) is 35.0 Å². The zero-order valence-electron chi connectivity index (χ0n) is 11.7. The van der Waals surface area contributed by atoms with E-state index in [1.54, 1.807) is 17.4 Å². The molecule has 0 bridgehead atoms. The van der Waals surface area contributed by atoms with Gasteiger partial charge in [-0.25, -0.2) is 0 Å². The third-order valence-electron chi connectivity index (χ3n) is 4.06. The Hall–Kier alpha value is -1.88. The number of nitrogens with zero attached hydrogens (tertiary/aromatic N) is 3. The van der Waals surface area contributed by atoms with Gasteiger partial charge in [0.25, 0.3) is 0 Å². The second-order valence-electron chi connectivity index (χ2n) is 5.67. The Bertz CT molecular complexity index is 682. The predicted molar refractivity (Wildman–Crippen MR) is 83.0 cm³/mol. The Kier molecular flexibility index (Phi) is 3.15. The van der Waals surface area contributed by atoms with Crippen molar-refractivity contribution in [2.45, 2.75) is 31.8 Å². The van der Waals surface area contributed by atoms with E-state index in [0.29, 0.717) is 12.5 Å². The standard InChI is InChI=1S/C16H17N3OS/c20-16(6-5-14-2-1-9-21-14)18-7-8-19-13(11-18)10-15(17-19)12-3-4-12/h1-2,5-6,9-10,12H,3-4,7-8,11H2. The summed E-state index contributed by atoms with van der Waals surface area (Å²) in [6.07, 6.45) is 6.11. The Balaban J connectivity index is 1.45. The summed E-state index contributed by atoms with van der Waals surface area (Å²) in [6, 6.07) is 6.19. The molecule has 1 aliphatic carbocycles. The third kappa shape index (κ3) is 2.65. The summed E-state index contributed by atoms with van der Waals surface area (Å²) in [5, 5.41) is 6.67. The fourth-order valence-corrected chi connectivity index (χ4v) is 3.32. The number of carbonyl (C=O) groups excluding carboxylic acids is 1. The molecule has 2 aliphatic rings. The lowest BCUT2D eigenvalue weighted by molar-refractivity contribution is -0.127. The highest BCUT2D eigenvalue weighted by atomic mass is 32.1. The highest BCUT2D eigenvalue weighted by Gasteiger charge is 2.29. The van der Waals surface area contributed by atoms with E-state index in [-0.39, 0.29) is 5.91 Å². The molecule has 0 atom stereocenters. The summed E-state index contributed by atoms with van der Waals surface area (Å²) in [7, 11) is 0. The van der Waals surface area contributed by atoms with Crippen molar-refractivity contribution in [2.24, 2.45) is 0 Å². The van der Waals surface area contributed by atoms with Crippen LogP contribution in [0.3, 0.4) is 0 Å². The van der Waals surface area contributed by atoms with E-state index in [1.165, 1.54) is 24.2 Å². The Morgan fingerprint density at radius 2 is 2.29 bits per heavy atom. The van der Waals surface area contributed by atoms with Gasteiger partial charge in [-0.15, -0.1) is 11.3 Å². The SMILES string of the molecule is O=C(C=Cc1cccs1)N1CCn2nc(C3CC3)cc2C1. The van der Waals surface area contributed by atoms with Gasteiger partial charge in [0.05, 0.1) is 24.5 Å². The molecule has 3 heterocycles. The average molecular weight is 299 g/mol. The van der Waals surface area contributed by atoms with Crippen LogP contribution < -0.4 is 0 Å². The minimum atomic E-state index is 0.0869. The normalized spacial score (nSPS) is 18.2. The number of hydrogen-bond donors (Lipinski definition) is 0. The number of fused-ring (bicyclic) bond motifs is 1. The van der Waals surface area contributed by atoms with Gasteiger partial charge >= 0.3 is 0 Å². The number of amides is 1. The maximum atomic E-state index is 12.3. The van der Waals surface area contributed by atoms with Gasteiger partial charge in [0.15, 0.2) is 0 Å². The van der Waals surface area contributed by atoms with Gasteiger partial charge in [-0.2, -0.15) is 5.10 Å². The molecule has 21 heavy (non-hydrogen) atoms. The number of rotatable bonds is 3. The second-order valence-corrected chi connectivity index (χ2v) is 6.65. The van der Waals surface area contributed by atoms with Crippen LogP contribution in [0.4, 0.5) is 0 Å². The van der Waals surface area contributed by atoms with Crippen molar-refractivity contribution in [3.63, 3.8) is 0 Å². The van der Waals surface area contributed by atoms with E-state index in [4.69, 9.17) is 0 Å². The molecule has 0 N–H and O–H groups in total. The molecule has 5 heteroatoms. The molecule has 1 amide bonds. The molecule has 108 valence electrons. The van der Waals surface area contributed by atoms with Gasteiger partial charge in [-0.1, -0.05) is 6.07 Å². The molecule has 0 spiro atoms. The van der Waals surface area contributed by atoms with Crippen LogP contribution >= 0.6 is 11.3 Å². The molecular formula is C16H17N3OS. The lowest BCUT2D eigenvalue weighted by atomic mass is 10.2. The lowest BCUT2D eigenvalue weighted by Gasteiger charge is -2.26. The van der Waals surface area contributed by atoms with Crippen molar-refractivity contribution in [3.8, 4) is 0 Å². The summed E-state index contributed by atoms with van der Waals surface area (Å²) < 4.78 is 2.07. The predicted octanol–water partition coefficient (Wildman–Crippen LogP) is 2.88. The van der Waals surface area contributed by atoms with Crippen LogP contribution in [0.2, 0.25) is 0 Å². The monoisotopic (exact) mass is 299 g/mol. The molecule has 1 saturated carbocycles. The molecule has 0 saturated heterocycles. The first-order valence-corrected chi connectivity index (χ1v) is 8.25. The highest BCUT2D eigenvalue weighted by molar-refractivity contribution is 7.10. The quantitative estimate of drug-likeness (QED) is 0.817. The molecule has 1 fully saturated rings. The van der Waals surface area contributed by atoms with Crippen LogP contribution in [-0.4, -0.2) is 27.1 Å². The molecule has 2 aromatic rings. The maximum absolute atomic E-state index is 12.3. The number of hydrogen-bond acceptors (Lipinski definition) is 3. The van der Waals surface area contributed by atoms with E-state index in [2.05, 4.69) is 15.8 Å².